The molecule has 0 radical (unpaired) electrons. The number of carbonyl (C=O) groups is 1. The number of carbonyl (C=O) groups excluding carboxylic acids is 1. The van der Waals surface area contributed by atoms with Crippen LogP contribution in [-0.2, 0) is 0 Å². The van der Waals surface area contributed by atoms with Crippen LogP contribution in [0.2, 0.25) is 5.02 Å². The molecule has 2 heterocycles. The van der Waals surface area contributed by atoms with Crippen LogP contribution in [0.1, 0.15) is 46.3 Å². The fourth-order valence-electron chi connectivity index (χ4n) is 2.97. The first-order valence-corrected chi connectivity index (χ1v) is 7.45. The Labute approximate surface area is 128 Å². The van der Waals surface area contributed by atoms with E-state index in [1.165, 1.54) is 0 Å². The van der Waals surface area contributed by atoms with Crippen LogP contribution in [0.15, 0.2) is 28.8 Å². The molecule has 5 heteroatoms. The summed E-state index contributed by atoms with van der Waals surface area (Å²) in [5.74, 6) is 0.586. The minimum absolute atomic E-state index is 0.00343. The second-order valence-corrected chi connectivity index (χ2v) is 5.84. The quantitative estimate of drug-likeness (QED) is 0.844. The third kappa shape index (κ3) is 2.56. The fourth-order valence-corrected chi connectivity index (χ4v) is 3.10. The molecule has 1 atom stereocenters. The van der Waals surface area contributed by atoms with Crippen LogP contribution in [-0.4, -0.2) is 22.5 Å². The van der Waals surface area contributed by atoms with Gasteiger partial charge in [-0.05, 0) is 44.4 Å². The molecule has 110 valence electrons. The van der Waals surface area contributed by atoms with Crippen LogP contribution in [0.25, 0.3) is 0 Å². The topological polar surface area (TPSA) is 46.3 Å². The molecule has 3 rings (SSSR count). The predicted molar refractivity (Wildman–Crippen MR) is 80.4 cm³/mol. The maximum atomic E-state index is 12.8. The molecule has 1 aliphatic heterocycles. The molecular formula is C16H17ClN2O2. The molecule has 1 aromatic carbocycles. The van der Waals surface area contributed by atoms with Crippen molar-refractivity contribution in [1.82, 2.24) is 10.1 Å². The third-order valence-corrected chi connectivity index (χ3v) is 4.27. The van der Waals surface area contributed by atoms with Gasteiger partial charge in [0, 0.05) is 11.6 Å². The smallest absolute Gasteiger partial charge is 0.259 e. The van der Waals surface area contributed by atoms with Crippen molar-refractivity contribution in [2.45, 2.75) is 32.7 Å². The number of halogens is 1. The van der Waals surface area contributed by atoms with E-state index in [9.17, 15) is 4.79 Å². The van der Waals surface area contributed by atoms with Crippen LogP contribution in [0.4, 0.5) is 0 Å². The van der Waals surface area contributed by atoms with E-state index in [0.717, 1.165) is 24.9 Å². The average Bonchev–Trinajstić information content (AvgIpc) is 3.07. The van der Waals surface area contributed by atoms with Gasteiger partial charge in [0.1, 0.15) is 11.3 Å². The van der Waals surface area contributed by atoms with E-state index in [4.69, 9.17) is 16.1 Å². The van der Waals surface area contributed by atoms with Crippen molar-refractivity contribution in [3.8, 4) is 0 Å². The Morgan fingerprint density at radius 1 is 1.33 bits per heavy atom. The van der Waals surface area contributed by atoms with Crippen LogP contribution in [0.5, 0.6) is 0 Å². The highest BCUT2D eigenvalue weighted by atomic mass is 35.5. The number of amides is 1. The van der Waals surface area contributed by atoms with Crippen LogP contribution in [0.3, 0.4) is 0 Å². The van der Waals surface area contributed by atoms with Gasteiger partial charge in [0.05, 0.1) is 11.7 Å². The van der Waals surface area contributed by atoms with Crippen LogP contribution >= 0.6 is 11.6 Å². The Kier molecular flexibility index (Phi) is 3.72. The van der Waals surface area contributed by atoms with Gasteiger partial charge in [0.2, 0.25) is 0 Å². The summed E-state index contributed by atoms with van der Waals surface area (Å²) in [4.78, 5) is 14.7. The summed E-state index contributed by atoms with van der Waals surface area (Å²) in [6, 6.07) is 7.82. The highest BCUT2D eigenvalue weighted by Gasteiger charge is 2.33. The predicted octanol–water partition coefficient (Wildman–Crippen LogP) is 3.92. The van der Waals surface area contributed by atoms with Crippen molar-refractivity contribution in [1.29, 1.82) is 0 Å². The maximum Gasteiger partial charge on any atom is 0.259 e. The summed E-state index contributed by atoms with van der Waals surface area (Å²) in [5, 5.41) is 4.59. The number of nitrogens with zero attached hydrogens (tertiary/aromatic N) is 2. The Balaban J connectivity index is 1.90. The highest BCUT2D eigenvalue weighted by Crippen LogP contribution is 2.34. The molecule has 21 heavy (non-hydrogen) atoms. The van der Waals surface area contributed by atoms with E-state index < -0.39 is 0 Å². The summed E-state index contributed by atoms with van der Waals surface area (Å²) >= 11 is 5.94. The minimum atomic E-state index is 0.00343. The summed E-state index contributed by atoms with van der Waals surface area (Å²) in [6.07, 6.45) is 1.97. The van der Waals surface area contributed by atoms with Gasteiger partial charge in [-0.2, -0.15) is 0 Å². The Morgan fingerprint density at radius 3 is 2.67 bits per heavy atom. The second-order valence-electron chi connectivity index (χ2n) is 5.41. The molecule has 1 aliphatic rings. The molecule has 1 fully saturated rings. The van der Waals surface area contributed by atoms with Crippen molar-refractivity contribution in [3.05, 3.63) is 51.9 Å². The Morgan fingerprint density at radius 2 is 2.05 bits per heavy atom. The first-order valence-electron chi connectivity index (χ1n) is 7.07. The number of hydrogen-bond acceptors (Lipinski definition) is 3. The van der Waals surface area contributed by atoms with E-state index in [0.29, 0.717) is 22.0 Å². The maximum absolute atomic E-state index is 12.8. The SMILES string of the molecule is Cc1noc(C)c1C(=O)N1CCC[C@@H]1c1ccc(Cl)cc1. The van der Waals surface area contributed by atoms with Crippen molar-refractivity contribution >= 4 is 17.5 Å². The van der Waals surface area contributed by atoms with Crippen LogP contribution < -0.4 is 0 Å². The summed E-state index contributed by atoms with van der Waals surface area (Å²) in [7, 11) is 0. The lowest BCUT2D eigenvalue weighted by atomic mass is 10.0. The lowest BCUT2D eigenvalue weighted by molar-refractivity contribution is 0.0733. The first-order chi connectivity index (χ1) is 10.1. The van der Waals surface area contributed by atoms with E-state index >= 15 is 0 Å². The fraction of sp³-hybridized carbons (Fsp3) is 0.375. The molecule has 0 N–H and O–H groups in total. The number of aryl methyl sites for hydroxylation is 2. The van der Waals surface area contributed by atoms with E-state index in [1.807, 2.05) is 29.2 Å². The van der Waals surface area contributed by atoms with Gasteiger partial charge >= 0.3 is 0 Å². The zero-order chi connectivity index (χ0) is 15.0. The number of rotatable bonds is 2. The van der Waals surface area contributed by atoms with Crippen LogP contribution in [0, 0.1) is 13.8 Å². The minimum Gasteiger partial charge on any atom is -0.361 e. The van der Waals surface area contributed by atoms with Crippen molar-refractivity contribution in [2.75, 3.05) is 6.54 Å². The molecule has 2 aromatic rings. The number of likely N-dealkylation sites (tertiary alicyclic amines) is 1. The highest BCUT2D eigenvalue weighted by molar-refractivity contribution is 6.30. The van der Waals surface area contributed by atoms with Gasteiger partial charge in [-0.25, -0.2) is 0 Å². The zero-order valence-corrected chi connectivity index (χ0v) is 12.9. The molecule has 0 aliphatic carbocycles. The van der Waals surface area contributed by atoms with Crippen molar-refractivity contribution < 1.29 is 9.32 Å². The van der Waals surface area contributed by atoms with Gasteiger partial charge in [0.15, 0.2) is 0 Å². The molecule has 0 spiro atoms. The van der Waals surface area contributed by atoms with Crippen molar-refractivity contribution in [3.63, 3.8) is 0 Å². The van der Waals surface area contributed by atoms with Gasteiger partial charge < -0.3 is 9.42 Å². The Bertz CT molecular complexity index is 644. The van der Waals surface area contributed by atoms with E-state index in [2.05, 4.69) is 5.16 Å². The Hall–Kier alpha value is -1.81. The molecule has 0 saturated carbocycles. The summed E-state index contributed by atoms with van der Waals surface area (Å²) in [5.41, 5.74) is 2.37. The molecule has 1 amide bonds. The molecule has 4 nitrogen and oxygen atoms in total. The molecule has 0 unspecified atom stereocenters. The monoisotopic (exact) mass is 304 g/mol. The summed E-state index contributed by atoms with van der Waals surface area (Å²) < 4.78 is 5.12. The second kappa shape index (κ2) is 5.53. The number of aromatic nitrogens is 1. The molecule has 0 bridgehead atoms. The largest absolute Gasteiger partial charge is 0.361 e. The first kappa shape index (κ1) is 14.1. The standard InChI is InChI=1S/C16H17ClN2O2/c1-10-15(11(2)21-18-10)16(20)19-9-3-4-14(19)12-5-7-13(17)8-6-12/h5-8,14H,3-4,9H2,1-2H3/t14-/m1/s1. The van der Waals surface area contributed by atoms with Gasteiger partial charge in [-0.3, -0.25) is 4.79 Å². The van der Waals surface area contributed by atoms with Gasteiger partial charge in [-0.15, -0.1) is 0 Å². The average molecular weight is 305 g/mol. The van der Waals surface area contributed by atoms with E-state index in [-0.39, 0.29) is 11.9 Å². The normalized spacial score (nSPS) is 18.2. The lowest BCUT2D eigenvalue weighted by Gasteiger charge is -2.25. The molecule has 1 aromatic heterocycles. The van der Waals surface area contributed by atoms with Crippen molar-refractivity contribution in [2.24, 2.45) is 0 Å². The lowest BCUT2D eigenvalue weighted by Crippen LogP contribution is -2.31. The number of benzene rings is 1. The summed E-state index contributed by atoms with van der Waals surface area (Å²) in [6.45, 7) is 4.34. The van der Waals surface area contributed by atoms with Gasteiger partial charge in [-0.1, -0.05) is 28.9 Å². The molecular weight excluding hydrogens is 288 g/mol. The zero-order valence-electron chi connectivity index (χ0n) is 12.1. The van der Waals surface area contributed by atoms with E-state index in [1.54, 1.807) is 13.8 Å². The third-order valence-electron chi connectivity index (χ3n) is 4.02. The molecule has 1 saturated heterocycles. The van der Waals surface area contributed by atoms with Gasteiger partial charge in [0.25, 0.3) is 5.91 Å². The number of hydrogen-bond donors (Lipinski definition) is 0.